The molecule has 0 spiro atoms. The van der Waals surface area contributed by atoms with Gasteiger partial charge in [0.05, 0.1) is 19.7 Å². The summed E-state index contributed by atoms with van der Waals surface area (Å²) in [5.41, 5.74) is 0.712. The fraction of sp³-hybridized carbons (Fsp3) is 0.500. The summed E-state index contributed by atoms with van der Waals surface area (Å²) in [4.78, 5) is 9.17. The molecule has 148 valence electrons. The molecule has 1 aliphatic rings. The predicted octanol–water partition coefficient (Wildman–Crippen LogP) is 2.51. The molecule has 2 aromatic rings. The van der Waals surface area contributed by atoms with Crippen molar-refractivity contribution >= 4 is 29.9 Å². The van der Waals surface area contributed by atoms with Gasteiger partial charge in [0.15, 0.2) is 5.96 Å². The van der Waals surface area contributed by atoms with E-state index in [-0.39, 0.29) is 35.8 Å². The van der Waals surface area contributed by atoms with Crippen molar-refractivity contribution in [2.75, 3.05) is 13.7 Å². The van der Waals surface area contributed by atoms with E-state index in [2.05, 4.69) is 25.7 Å². The Morgan fingerprint density at radius 1 is 1.44 bits per heavy atom. The first-order valence-electron chi connectivity index (χ1n) is 8.92. The van der Waals surface area contributed by atoms with E-state index >= 15 is 0 Å². The second-order valence-corrected chi connectivity index (χ2v) is 6.27. The Labute approximate surface area is 176 Å². The number of phenolic OH excluding ortho intramolecular Hbond substituents is 1. The van der Waals surface area contributed by atoms with E-state index < -0.39 is 0 Å². The Hall–Kier alpha value is -2.04. The molecule has 27 heavy (non-hydrogen) atoms. The number of aliphatic imine (C=N–C) groups is 1. The van der Waals surface area contributed by atoms with Crippen LogP contribution in [0.5, 0.6) is 11.5 Å². The highest BCUT2D eigenvalue weighted by Crippen LogP contribution is 2.24. The number of aromatic hydroxyl groups is 1. The van der Waals surface area contributed by atoms with Gasteiger partial charge in [-0.3, -0.25) is 0 Å². The first-order valence-corrected chi connectivity index (χ1v) is 8.92. The highest BCUT2D eigenvalue weighted by atomic mass is 127. The molecule has 1 aromatic heterocycles. The van der Waals surface area contributed by atoms with Crippen molar-refractivity contribution in [2.45, 2.75) is 45.8 Å². The average molecular weight is 486 g/mol. The molecule has 1 aliphatic heterocycles. The summed E-state index contributed by atoms with van der Waals surface area (Å²) >= 11 is 0. The number of fused-ring (bicyclic) bond motifs is 1. The lowest BCUT2D eigenvalue weighted by Crippen LogP contribution is -2.41. The lowest BCUT2D eigenvalue weighted by molar-refractivity contribution is 0.397. The summed E-state index contributed by atoms with van der Waals surface area (Å²) in [7, 11) is 1.60. The van der Waals surface area contributed by atoms with Gasteiger partial charge in [0.25, 0.3) is 0 Å². The molecule has 1 unspecified atom stereocenters. The SMILES string of the molecule is CCNC(=NCc1cc(OC)ccc1O)NC1CCCn2nc(C)nc21.I. The molecule has 0 saturated heterocycles. The summed E-state index contributed by atoms with van der Waals surface area (Å²) in [6, 6.07) is 5.21. The lowest BCUT2D eigenvalue weighted by atomic mass is 10.1. The maximum atomic E-state index is 10.0. The summed E-state index contributed by atoms with van der Waals surface area (Å²) in [6.07, 6.45) is 2.02. The highest BCUT2D eigenvalue weighted by molar-refractivity contribution is 14.0. The number of aryl methyl sites for hydroxylation is 2. The number of ether oxygens (including phenoxy) is 1. The minimum atomic E-state index is 0. The number of phenols is 1. The maximum Gasteiger partial charge on any atom is 0.192 e. The van der Waals surface area contributed by atoms with Crippen molar-refractivity contribution in [3.05, 3.63) is 35.4 Å². The standard InChI is InChI=1S/C18H26N6O2.HI/c1-4-19-18(20-11-13-10-14(26-3)7-8-16(13)25)22-15-6-5-9-24-17(15)21-12(2)23-24;/h7-8,10,15,25H,4-6,9,11H2,1-3H3,(H2,19,20,22);1H. The number of nitrogens with one attached hydrogen (secondary N) is 2. The van der Waals surface area contributed by atoms with Gasteiger partial charge in [-0.25, -0.2) is 14.7 Å². The monoisotopic (exact) mass is 486 g/mol. The summed E-state index contributed by atoms with van der Waals surface area (Å²) in [5, 5.41) is 21.2. The minimum absolute atomic E-state index is 0. The summed E-state index contributed by atoms with van der Waals surface area (Å²) in [5.74, 6) is 3.33. The van der Waals surface area contributed by atoms with E-state index in [1.807, 2.05) is 18.5 Å². The van der Waals surface area contributed by atoms with Crippen LogP contribution in [0.4, 0.5) is 0 Å². The number of rotatable bonds is 5. The van der Waals surface area contributed by atoms with Gasteiger partial charge in [0.2, 0.25) is 0 Å². The largest absolute Gasteiger partial charge is 0.508 e. The van der Waals surface area contributed by atoms with Gasteiger partial charge in [0.1, 0.15) is 23.1 Å². The van der Waals surface area contributed by atoms with E-state index in [1.165, 1.54) is 0 Å². The Balaban J connectivity index is 0.00000261. The third-order valence-corrected chi connectivity index (χ3v) is 4.33. The number of aromatic nitrogens is 3. The van der Waals surface area contributed by atoms with E-state index in [0.717, 1.165) is 37.6 Å². The number of nitrogens with zero attached hydrogens (tertiary/aromatic N) is 4. The number of halogens is 1. The molecule has 0 amide bonds. The molecule has 0 fully saturated rings. The summed E-state index contributed by atoms with van der Waals surface area (Å²) in [6.45, 7) is 5.92. The highest BCUT2D eigenvalue weighted by Gasteiger charge is 2.24. The van der Waals surface area contributed by atoms with Crippen LogP contribution in [-0.4, -0.2) is 39.5 Å². The smallest absolute Gasteiger partial charge is 0.192 e. The second-order valence-electron chi connectivity index (χ2n) is 6.27. The molecular formula is C18H27IN6O2. The number of benzene rings is 1. The maximum absolute atomic E-state index is 10.0. The molecule has 1 atom stereocenters. The first-order chi connectivity index (χ1) is 12.6. The Morgan fingerprint density at radius 2 is 2.26 bits per heavy atom. The van der Waals surface area contributed by atoms with Crippen LogP contribution < -0.4 is 15.4 Å². The number of methoxy groups -OCH3 is 1. The van der Waals surface area contributed by atoms with Gasteiger partial charge in [-0.15, -0.1) is 24.0 Å². The van der Waals surface area contributed by atoms with Crippen LogP contribution in [0, 0.1) is 6.92 Å². The van der Waals surface area contributed by atoms with Crippen molar-refractivity contribution in [3.63, 3.8) is 0 Å². The minimum Gasteiger partial charge on any atom is -0.508 e. The van der Waals surface area contributed by atoms with Crippen molar-refractivity contribution in [1.29, 1.82) is 0 Å². The quantitative estimate of drug-likeness (QED) is 0.342. The number of hydrogen-bond donors (Lipinski definition) is 3. The van der Waals surface area contributed by atoms with Gasteiger partial charge < -0.3 is 20.5 Å². The lowest BCUT2D eigenvalue weighted by Gasteiger charge is -2.25. The Bertz CT molecular complexity index is 792. The second kappa shape index (κ2) is 9.77. The molecule has 3 rings (SSSR count). The van der Waals surface area contributed by atoms with Crippen LogP contribution in [0.2, 0.25) is 0 Å². The molecule has 0 saturated carbocycles. The van der Waals surface area contributed by atoms with Crippen LogP contribution in [-0.2, 0) is 13.1 Å². The van der Waals surface area contributed by atoms with Crippen LogP contribution in [0.15, 0.2) is 23.2 Å². The number of hydrogen-bond acceptors (Lipinski definition) is 5. The zero-order chi connectivity index (χ0) is 18.5. The van der Waals surface area contributed by atoms with Crippen LogP contribution >= 0.6 is 24.0 Å². The van der Waals surface area contributed by atoms with E-state index in [4.69, 9.17) is 4.74 Å². The zero-order valence-corrected chi connectivity index (χ0v) is 18.2. The molecule has 3 N–H and O–H groups in total. The molecule has 0 aliphatic carbocycles. The van der Waals surface area contributed by atoms with Crippen LogP contribution in [0.1, 0.15) is 43.0 Å². The van der Waals surface area contributed by atoms with Crippen molar-refractivity contribution in [2.24, 2.45) is 4.99 Å². The normalized spacial score (nSPS) is 16.3. The molecule has 9 heteroatoms. The fourth-order valence-electron chi connectivity index (χ4n) is 3.07. The molecule has 0 bridgehead atoms. The molecule has 0 radical (unpaired) electrons. The topological polar surface area (TPSA) is 96.6 Å². The number of guanidine groups is 1. The third-order valence-electron chi connectivity index (χ3n) is 4.33. The predicted molar refractivity (Wildman–Crippen MR) is 115 cm³/mol. The van der Waals surface area contributed by atoms with Crippen molar-refractivity contribution < 1.29 is 9.84 Å². The third kappa shape index (κ3) is 5.24. The van der Waals surface area contributed by atoms with E-state index in [1.54, 1.807) is 25.3 Å². The van der Waals surface area contributed by atoms with Crippen LogP contribution in [0.25, 0.3) is 0 Å². The van der Waals surface area contributed by atoms with Crippen LogP contribution in [0.3, 0.4) is 0 Å². The Kier molecular flexibility index (Phi) is 7.69. The van der Waals surface area contributed by atoms with E-state index in [9.17, 15) is 5.11 Å². The molecule has 1 aromatic carbocycles. The average Bonchev–Trinajstić information content (AvgIpc) is 3.02. The summed E-state index contributed by atoms with van der Waals surface area (Å²) < 4.78 is 7.18. The molecule has 8 nitrogen and oxygen atoms in total. The van der Waals surface area contributed by atoms with Crippen molar-refractivity contribution in [3.8, 4) is 11.5 Å². The van der Waals surface area contributed by atoms with Gasteiger partial charge in [-0.2, -0.15) is 5.10 Å². The van der Waals surface area contributed by atoms with Gasteiger partial charge in [-0.1, -0.05) is 0 Å². The zero-order valence-electron chi connectivity index (χ0n) is 15.9. The van der Waals surface area contributed by atoms with Crippen molar-refractivity contribution in [1.82, 2.24) is 25.4 Å². The fourth-order valence-corrected chi connectivity index (χ4v) is 3.07. The van der Waals surface area contributed by atoms with E-state index in [0.29, 0.717) is 23.8 Å². The van der Waals surface area contributed by atoms with Gasteiger partial charge in [0, 0.05) is 18.7 Å². The first kappa shape index (κ1) is 21.3. The molecular weight excluding hydrogens is 459 g/mol. The van der Waals surface area contributed by atoms with Gasteiger partial charge >= 0.3 is 0 Å². The van der Waals surface area contributed by atoms with Gasteiger partial charge in [-0.05, 0) is 44.9 Å². The Morgan fingerprint density at radius 3 is 3.00 bits per heavy atom. The molecule has 2 heterocycles.